The van der Waals surface area contributed by atoms with E-state index in [0.29, 0.717) is 4.88 Å². The molecule has 2 aromatic heterocycles. The molecule has 0 aliphatic carbocycles. The van der Waals surface area contributed by atoms with Gasteiger partial charge < -0.3 is 4.74 Å². The molecule has 0 fully saturated rings. The maximum Gasteiger partial charge on any atom is 0.348 e. The lowest BCUT2D eigenvalue weighted by Crippen LogP contribution is -2.19. The van der Waals surface area contributed by atoms with E-state index in [0.717, 1.165) is 14.8 Å². The summed E-state index contributed by atoms with van der Waals surface area (Å²) in [6.07, 6.45) is 0. The SMILES string of the molecule is COC(=O)c1cc(N(C)S(=O)c2cccs2)c(C)s1. The second-order valence-electron chi connectivity index (χ2n) is 3.72. The maximum atomic E-state index is 12.3. The number of ether oxygens (including phenoxy) is 1. The fourth-order valence-electron chi connectivity index (χ4n) is 1.57. The van der Waals surface area contributed by atoms with Gasteiger partial charge in [0.05, 0.1) is 12.8 Å². The minimum absolute atomic E-state index is 0.366. The van der Waals surface area contributed by atoms with Crippen LogP contribution in [0.25, 0.3) is 0 Å². The van der Waals surface area contributed by atoms with Crippen LogP contribution in [0.5, 0.6) is 0 Å². The molecule has 0 aliphatic heterocycles. The van der Waals surface area contributed by atoms with Crippen LogP contribution in [0.15, 0.2) is 27.8 Å². The molecule has 1 unspecified atom stereocenters. The lowest BCUT2D eigenvalue weighted by molar-refractivity contribution is 0.0606. The van der Waals surface area contributed by atoms with Gasteiger partial charge in [-0.15, -0.1) is 22.7 Å². The van der Waals surface area contributed by atoms with E-state index in [1.807, 2.05) is 24.4 Å². The van der Waals surface area contributed by atoms with Crippen molar-refractivity contribution in [1.29, 1.82) is 0 Å². The Hall–Kier alpha value is -1.18. The monoisotopic (exact) mass is 315 g/mol. The number of nitrogens with zero attached hydrogens (tertiary/aromatic N) is 1. The second kappa shape index (κ2) is 5.85. The summed E-state index contributed by atoms with van der Waals surface area (Å²) in [4.78, 5) is 13.0. The van der Waals surface area contributed by atoms with Gasteiger partial charge in [0, 0.05) is 11.9 Å². The predicted octanol–water partition coefficient (Wildman–Crippen LogP) is 3.06. The number of esters is 1. The van der Waals surface area contributed by atoms with Gasteiger partial charge in [0.25, 0.3) is 0 Å². The standard InChI is InChI=1S/C12H13NO3S3/c1-8-9(7-10(18-8)12(14)16-3)13(2)19(15)11-5-4-6-17-11/h4-7H,1-3H3. The van der Waals surface area contributed by atoms with E-state index in [9.17, 15) is 9.00 Å². The first-order valence-electron chi connectivity index (χ1n) is 5.42. The summed E-state index contributed by atoms with van der Waals surface area (Å²) in [5.74, 6) is -0.366. The number of hydrogen-bond donors (Lipinski definition) is 0. The first-order chi connectivity index (χ1) is 9.04. The summed E-state index contributed by atoms with van der Waals surface area (Å²) >= 11 is 2.79. The highest BCUT2D eigenvalue weighted by molar-refractivity contribution is 7.88. The highest BCUT2D eigenvalue weighted by Gasteiger charge is 2.19. The molecule has 0 radical (unpaired) electrons. The molecule has 2 aromatic rings. The van der Waals surface area contributed by atoms with Crippen molar-refractivity contribution in [1.82, 2.24) is 0 Å². The zero-order chi connectivity index (χ0) is 14.0. The third kappa shape index (κ3) is 2.88. The van der Waals surface area contributed by atoms with Gasteiger partial charge in [-0.1, -0.05) is 6.07 Å². The van der Waals surface area contributed by atoms with Crippen LogP contribution in [0.4, 0.5) is 5.69 Å². The van der Waals surface area contributed by atoms with Crippen molar-refractivity contribution in [3.63, 3.8) is 0 Å². The highest BCUT2D eigenvalue weighted by Crippen LogP contribution is 2.32. The Morgan fingerprint density at radius 2 is 2.21 bits per heavy atom. The average Bonchev–Trinajstić information content (AvgIpc) is 3.05. The van der Waals surface area contributed by atoms with E-state index in [1.54, 1.807) is 17.4 Å². The molecule has 0 amide bonds. The minimum Gasteiger partial charge on any atom is -0.465 e. The zero-order valence-corrected chi connectivity index (χ0v) is 13.2. The molecule has 0 aliphatic rings. The molecular formula is C12H13NO3S3. The van der Waals surface area contributed by atoms with Crippen LogP contribution in [0.2, 0.25) is 0 Å². The molecule has 0 saturated carbocycles. The van der Waals surface area contributed by atoms with Crippen molar-refractivity contribution in [2.24, 2.45) is 0 Å². The number of thiophene rings is 2. The van der Waals surface area contributed by atoms with Gasteiger partial charge in [0.1, 0.15) is 9.09 Å². The van der Waals surface area contributed by atoms with E-state index < -0.39 is 11.0 Å². The number of anilines is 1. The number of methoxy groups -OCH3 is 1. The second-order valence-corrected chi connectivity index (χ2v) is 7.67. The van der Waals surface area contributed by atoms with Crippen LogP contribution >= 0.6 is 22.7 Å². The van der Waals surface area contributed by atoms with Gasteiger partial charge in [-0.05, 0) is 24.4 Å². The van der Waals surface area contributed by atoms with Crippen LogP contribution in [0.1, 0.15) is 14.5 Å². The molecule has 0 bridgehead atoms. The number of carbonyl (C=O) groups is 1. The molecule has 4 nitrogen and oxygen atoms in total. The molecule has 19 heavy (non-hydrogen) atoms. The molecule has 2 heterocycles. The van der Waals surface area contributed by atoms with Crippen LogP contribution in [-0.2, 0) is 15.7 Å². The largest absolute Gasteiger partial charge is 0.465 e. The smallest absolute Gasteiger partial charge is 0.348 e. The summed E-state index contributed by atoms with van der Waals surface area (Å²) in [6, 6.07) is 5.42. The Labute approximate surface area is 122 Å². The van der Waals surface area contributed by atoms with Crippen molar-refractivity contribution >= 4 is 45.3 Å². The van der Waals surface area contributed by atoms with Gasteiger partial charge in [0.2, 0.25) is 0 Å². The van der Waals surface area contributed by atoms with Crippen molar-refractivity contribution in [3.8, 4) is 0 Å². The van der Waals surface area contributed by atoms with Gasteiger partial charge in [0.15, 0.2) is 11.0 Å². The van der Waals surface area contributed by atoms with Gasteiger partial charge in [-0.3, -0.25) is 4.31 Å². The topological polar surface area (TPSA) is 46.6 Å². The molecular weight excluding hydrogens is 302 g/mol. The third-order valence-corrected chi connectivity index (χ3v) is 6.11. The summed E-state index contributed by atoms with van der Waals surface area (Å²) in [5.41, 5.74) is 0.789. The summed E-state index contributed by atoms with van der Waals surface area (Å²) < 4.78 is 19.5. The molecule has 2 rings (SSSR count). The van der Waals surface area contributed by atoms with Gasteiger partial charge >= 0.3 is 5.97 Å². The zero-order valence-electron chi connectivity index (χ0n) is 10.7. The van der Waals surface area contributed by atoms with E-state index in [2.05, 4.69) is 0 Å². The van der Waals surface area contributed by atoms with E-state index in [1.165, 1.54) is 29.8 Å². The van der Waals surface area contributed by atoms with Crippen LogP contribution in [0, 0.1) is 6.92 Å². The fraction of sp³-hybridized carbons (Fsp3) is 0.250. The van der Waals surface area contributed by atoms with Crippen LogP contribution in [0.3, 0.4) is 0 Å². The number of hydrogen-bond acceptors (Lipinski definition) is 5. The summed E-state index contributed by atoms with van der Waals surface area (Å²) in [5, 5.41) is 1.89. The Morgan fingerprint density at radius 3 is 2.79 bits per heavy atom. The van der Waals surface area contributed by atoms with E-state index in [-0.39, 0.29) is 5.97 Å². The molecule has 0 saturated heterocycles. The van der Waals surface area contributed by atoms with Crippen molar-refractivity contribution in [3.05, 3.63) is 33.3 Å². The molecule has 1 atom stereocenters. The van der Waals surface area contributed by atoms with Gasteiger partial charge in [-0.25, -0.2) is 9.00 Å². The van der Waals surface area contributed by atoms with Gasteiger partial charge in [-0.2, -0.15) is 0 Å². The number of rotatable bonds is 4. The lowest BCUT2D eigenvalue weighted by atomic mass is 10.3. The van der Waals surface area contributed by atoms with Crippen molar-refractivity contribution < 1.29 is 13.7 Å². The normalized spacial score (nSPS) is 12.2. The third-order valence-electron chi connectivity index (χ3n) is 2.53. The van der Waals surface area contributed by atoms with E-state index in [4.69, 9.17) is 4.74 Å². The minimum atomic E-state index is -1.25. The first kappa shape index (κ1) is 14.2. The molecule has 0 aromatic carbocycles. The van der Waals surface area contributed by atoms with Crippen molar-refractivity contribution in [2.45, 2.75) is 11.1 Å². The van der Waals surface area contributed by atoms with Crippen molar-refractivity contribution in [2.75, 3.05) is 18.5 Å². The fourth-order valence-corrected chi connectivity index (χ4v) is 4.71. The first-order valence-corrected chi connectivity index (χ1v) is 8.22. The van der Waals surface area contributed by atoms with Crippen LogP contribution in [-0.4, -0.2) is 24.3 Å². The number of aryl methyl sites for hydroxylation is 1. The Morgan fingerprint density at radius 1 is 1.47 bits per heavy atom. The summed E-state index contributed by atoms with van der Waals surface area (Å²) in [6.45, 7) is 1.90. The molecule has 7 heteroatoms. The number of carbonyl (C=O) groups excluding carboxylic acids is 1. The lowest BCUT2D eigenvalue weighted by Gasteiger charge is -2.16. The molecule has 0 spiro atoms. The van der Waals surface area contributed by atoms with E-state index >= 15 is 0 Å². The average molecular weight is 315 g/mol. The maximum absolute atomic E-state index is 12.3. The Bertz CT molecular complexity index is 604. The van der Waals surface area contributed by atoms with Crippen LogP contribution < -0.4 is 4.31 Å². The Kier molecular flexibility index (Phi) is 4.38. The molecule has 0 N–H and O–H groups in total. The summed E-state index contributed by atoms with van der Waals surface area (Å²) in [7, 11) is 1.85. The Balaban J connectivity index is 2.29. The molecule has 102 valence electrons. The quantitative estimate of drug-likeness (QED) is 0.815. The predicted molar refractivity (Wildman–Crippen MR) is 79.5 cm³/mol. The highest BCUT2D eigenvalue weighted by atomic mass is 32.2.